The van der Waals surface area contributed by atoms with Crippen LogP contribution < -0.4 is 4.72 Å². The molecule has 0 atom stereocenters. The Hall–Kier alpha value is -0.430. The number of hydrogen-bond donors (Lipinski definition) is 1. The molecule has 0 unspecified atom stereocenters. The van der Waals surface area contributed by atoms with Crippen LogP contribution in [0.5, 0.6) is 0 Å². The van der Waals surface area contributed by atoms with Crippen LogP contribution in [-0.4, -0.2) is 20.2 Å². The van der Waals surface area contributed by atoms with E-state index in [1.165, 1.54) is 12.1 Å². The molecule has 0 amide bonds. The predicted molar refractivity (Wildman–Crippen MR) is 71.5 cm³/mol. The third kappa shape index (κ3) is 2.93. The normalized spacial score (nSPS) is 19.6. The molecule has 0 radical (unpaired) electrons. The van der Waals surface area contributed by atoms with Crippen LogP contribution in [0.3, 0.4) is 0 Å². The monoisotopic (exact) mass is 307 g/mol. The molecular weight excluding hydrogens is 294 g/mol. The van der Waals surface area contributed by atoms with E-state index in [1.54, 1.807) is 0 Å². The van der Waals surface area contributed by atoms with Crippen LogP contribution in [0.4, 0.5) is 0 Å². The summed E-state index contributed by atoms with van der Waals surface area (Å²) in [6.45, 7) is 0. The van der Waals surface area contributed by atoms with Crippen molar-refractivity contribution in [2.24, 2.45) is 0 Å². The maximum Gasteiger partial charge on any atom is 0.251 e. The summed E-state index contributed by atoms with van der Waals surface area (Å²) in [5.74, 6) is 0. The van der Waals surface area contributed by atoms with Gasteiger partial charge in [0, 0.05) is 0 Å². The number of carbonyl (C=O) groups excluding carboxylic acids is 1. The van der Waals surface area contributed by atoms with E-state index in [9.17, 15) is 13.2 Å². The molecule has 0 aliphatic heterocycles. The maximum absolute atomic E-state index is 12.2. The summed E-state index contributed by atoms with van der Waals surface area (Å²) in [5.41, 5.74) is -0.937. The highest BCUT2D eigenvalue weighted by molar-refractivity contribution is 7.91. The molecule has 0 aromatic carbocycles. The molecule has 1 aliphatic carbocycles. The van der Waals surface area contributed by atoms with Crippen LogP contribution in [-0.2, 0) is 14.8 Å². The third-order valence-corrected chi connectivity index (χ3v) is 6.40. The zero-order valence-corrected chi connectivity index (χ0v) is 12.1. The highest BCUT2D eigenvalue weighted by Gasteiger charge is 2.36. The van der Waals surface area contributed by atoms with Crippen LogP contribution in [0.1, 0.15) is 32.1 Å². The highest BCUT2D eigenvalue weighted by Crippen LogP contribution is 2.31. The lowest BCUT2D eigenvalue weighted by Gasteiger charge is -2.32. The number of sulfonamides is 1. The lowest BCUT2D eigenvalue weighted by Crippen LogP contribution is -2.50. The summed E-state index contributed by atoms with van der Waals surface area (Å²) in [6.07, 6.45) is 4.64. The molecule has 2 rings (SSSR count). The van der Waals surface area contributed by atoms with Gasteiger partial charge < -0.3 is 4.79 Å². The van der Waals surface area contributed by atoms with Crippen molar-refractivity contribution in [2.75, 3.05) is 0 Å². The van der Waals surface area contributed by atoms with Crippen molar-refractivity contribution >= 4 is 39.2 Å². The van der Waals surface area contributed by atoms with Crippen molar-refractivity contribution in [1.29, 1.82) is 0 Å². The van der Waals surface area contributed by atoms with Crippen molar-refractivity contribution in [1.82, 2.24) is 4.72 Å². The van der Waals surface area contributed by atoms with Gasteiger partial charge in [-0.1, -0.05) is 30.9 Å². The average Bonchev–Trinajstić information content (AvgIpc) is 2.77. The first-order chi connectivity index (χ1) is 8.47. The summed E-state index contributed by atoms with van der Waals surface area (Å²) in [7, 11) is -3.66. The van der Waals surface area contributed by atoms with Gasteiger partial charge in [-0.15, -0.1) is 11.3 Å². The Kier molecular flexibility index (Phi) is 4.11. The molecule has 7 heteroatoms. The SMILES string of the molecule is O=CC1(NS(=O)(=O)c2ccc(Cl)s2)CCCCC1. The summed E-state index contributed by atoms with van der Waals surface area (Å²) in [6, 6.07) is 2.99. The van der Waals surface area contributed by atoms with Gasteiger partial charge in [0.1, 0.15) is 10.5 Å². The summed E-state index contributed by atoms with van der Waals surface area (Å²) < 4.78 is 27.4. The Labute approximate surface area is 115 Å². The van der Waals surface area contributed by atoms with Gasteiger partial charge in [-0.2, -0.15) is 4.72 Å². The van der Waals surface area contributed by atoms with Gasteiger partial charge in [-0.25, -0.2) is 8.42 Å². The highest BCUT2D eigenvalue weighted by atomic mass is 35.5. The van der Waals surface area contributed by atoms with Gasteiger partial charge in [-0.3, -0.25) is 0 Å². The van der Waals surface area contributed by atoms with Crippen LogP contribution in [0.25, 0.3) is 0 Å². The minimum atomic E-state index is -3.66. The minimum absolute atomic E-state index is 0.152. The van der Waals surface area contributed by atoms with Gasteiger partial charge >= 0.3 is 0 Å². The lowest BCUT2D eigenvalue weighted by molar-refractivity contribution is -0.113. The van der Waals surface area contributed by atoms with E-state index in [2.05, 4.69) is 4.72 Å². The second-order valence-corrected chi connectivity index (χ2v) is 8.12. The van der Waals surface area contributed by atoms with E-state index in [-0.39, 0.29) is 4.21 Å². The van der Waals surface area contributed by atoms with E-state index < -0.39 is 15.6 Å². The fourth-order valence-electron chi connectivity index (χ4n) is 2.19. The number of hydrogen-bond acceptors (Lipinski definition) is 4. The van der Waals surface area contributed by atoms with Crippen LogP contribution in [0.2, 0.25) is 4.34 Å². The molecular formula is C11H14ClNO3S2. The molecule has 1 heterocycles. The van der Waals surface area contributed by atoms with Crippen LogP contribution >= 0.6 is 22.9 Å². The fraction of sp³-hybridized carbons (Fsp3) is 0.545. The van der Waals surface area contributed by atoms with Crippen molar-refractivity contribution < 1.29 is 13.2 Å². The van der Waals surface area contributed by atoms with Gasteiger partial charge in [0.25, 0.3) is 10.0 Å². The molecule has 1 aliphatic rings. The van der Waals surface area contributed by atoms with Gasteiger partial charge in [0.2, 0.25) is 0 Å². The van der Waals surface area contributed by atoms with Gasteiger partial charge in [0.15, 0.2) is 0 Å². The Morgan fingerprint density at radius 1 is 1.28 bits per heavy atom. The number of nitrogens with one attached hydrogen (secondary N) is 1. The van der Waals surface area contributed by atoms with E-state index in [0.29, 0.717) is 17.2 Å². The number of carbonyl (C=O) groups is 1. The molecule has 1 N–H and O–H groups in total. The molecule has 18 heavy (non-hydrogen) atoms. The number of thiophene rings is 1. The van der Waals surface area contributed by atoms with Gasteiger partial charge in [-0.05, 0) is 25.0 Å². The van der Waals surface area contributed by atoms with E-state index >= 15 is 0 Å². The molecule has 4 nitrogen and oxygen atoms in total. The molecule has 1 aromatic rings. The second kappa shape index (κ2) is 5.28. The summed E-state index contributed by atoms with van der Waals surface area (Å²) >= 11 is 6.73. The molecule has 0 spiro atoms. The first kappa shape index (κ1) is 14.0. The molecule has 1 aromatic heterocycles. The van der Waals surface area contributed by atoms with Crippen molar-refractivity contribution in [3.8, 4) is 0 Å². The smallest absolute Gasteiger partial charge is 0.251 e. The topological polar surface area (TPSA) is 63.2 Å². The van der Waals surface area contributed by atoms with E-state index in [0.717, 1.165) is 36.9 Å². The van der Waals surface area contributed by atoms with Crippen molar-refractivity contribution in [3.63, 3.8) is 0 Å². The van der Waals surface area contributed by atoms with Gasteiger partial charge in [0.05, 0.1) is 9.88 Å². The van der Waals surface area contributed by atoms with Crippen LogP contribution in [0, 0.1) is 0 Å². The molecule has 0 bridgehead atoms. The molecule has 0 saturated heterocycles. The maximum atomic E-state index is 12.2. The molecule has 1 saturated carbocycles. The van der Waals surface area contributed by atoms with E-state index in [1.807, 2.05) is 0 Å². The number of rotatable bonds is 4. The predicted octanol–water partition coefficient (Wildman–Crippen LogP) is 2.58. The first-order valence-electron chi connectivity index (χ1n) is 5.73. The van der Waals surface area contributed by atoms with Crippen molar-refractivity contribution in [3.05, 3.63) is 16.5 Å². The van der Waals surface area contributed by atoms with Crippen molar-refractivity contribution in [2.45, 2.75) is 41.9 Å². The molecule has 1 fully saturated rings. The molecule has 100 valence electrons. The Bertz CT molecular complexity index is 532. The lowest BCUT2D eigenvalue weighted by atomic mass is 9.84. The third-order valence-electron chi connectivity index (χ3n) is 3.12. The largest absolute Gasteiger partial charge is 0.301 e. The Balaban J connectivity index is 2.23. The minimum Gasteiger partial charge on any atom is -0.301 e. The zero-order valence-electron chi connectivity index (χ0n) is 9.69. The standard InChI is InChI=1S/C11H14ClNO3S2/c12-9-4-5-10(17-9)18(15,16)13-11(8-14)6-2-1-3-7-11/h4-5,8,13H,1-3,6-7H2. The van der Waals surface area contributed by atoms with Crippen LogP contribution in [0.15, 0.2) is 16.3 Å². The average molecular weight is 308 g/mol. The summed E-state index contributed by atoms with van der Waals surface area (Å²) in [4.78, 5) is 11.2. The zero-order chi connectivity index (χ0) is 13.2. The van der Waals surface area contributed by atoms with E-state index in [4.69, 9.17) is 11.6 Å². The first-order valence-corrected chi connectivity index (χ1v) is 8.41. The second-order valence-electron chi connectivity index (χ2n) is 4.50. The fourth-order valence-corrected chi connectivity index (χ4v) is 5.07. The number of aldehydes is 1. The summed E-state index contributed by atoms with van der Waals surface area (Å²) in [5, 5.41) is 0. The Morgan fingerprint density at radius 3 is 2.44 bits per heavy atom. The quantitative estimate of drug-likeness (QED) is 0.870. The number of halogens is 1. The Morgan fingerprint density at radius 2 is 1.94 bits per heavy atom.